The Morgan fingerprint density at radius 1 is 0.957 bits per heavy atom. The van der Waals surface area contributed by atoms with Crippen LogP contribution in [0.4, 0.5) is 11.4 Å². The van der Waals surface area contributed by atoms with Gasteiger partial charge in [-0.2, -0.15) is 0 Å². The van der Waals surface area contributed by atoms with Gasteiger partial charge in [-0.25, -0.2) is 0 Å². The average molecular weight is 325 g/mol. The molecule has 116 valence electrons. The summed E-state index contributed by atoms with van der Waals surface area (Å²) in [5.41, 5.74) is 1.91. The highest BCUT2D eigenvalue weighted by molar-refractivity contribution is 6.32. The average Bonchev–Trinajstić information content (AvgIpc) is 2.54. The second-order valence-corrected chi connectivity index (χ2v) is 6.10. The van der Waals surface area contributed by atoms with Crippen LogP contribution in [0.1, 0.15) is 25.3 Å². The molecule has 0 aliphatic rings. The molecule has 0 atom stereocenters. The van der Waals surface area contributed by atoms with Gasteiger partial charge in [0.15, 0.2) is 0 Å². The standard InChI is InChI=1S/C19H17ClN2O/c1-12(2)15-11-13-7-3-4-8-14(13)18(19(15)23)22-21-17-10-6-5-9-16(17)20/h3-12,23H,1-2H3. The van der Waals surface area contributed by atoms with Crippen LogP contribution in [-0.2, 0) is 0 Å². The Kier molecular flexibility index (Phi) is 4.30. The SMILES string of the molecule is CC(C)c1cc2ccccc2c(N=Nc2ccccc2Cl)c1O. The first-order valence-corrected chi connectivity index (χ1v) is 7.86. The van der Waals surface area contributed by atoms with E-state index in [2.05, 4.69) is 10.2 Å². The van der Waals surface area contributed by atoms with E-state index in [9.17, 15) is 5.11 Å². The van der Waals surface area contributed by atoms with E-state index in [1.807, 2.05) is 56.3 Å². The van der Waals surface area contributed by atoms with E-state index < -0.39 is 0 Å². The van der Waals surface area contributed by atoms with E-state index in [0.29, 0.717) is 16.4 Å². The molecule has 3 nitrogen and oxygen atoms in total. The highest BCUT2D eigenvalue weighted by Gasteiger charge is 2.14. The van der Waals surface area contributed by atoms with Crippen molar-refractivity contribution in [1.29, 1.82) is 0 Å². The second-order valence-electron chi connectivity index (χ2n) is 5.69. The van der Waals surface area contributed by atoms with Crippen LogP contribution in [0.15, 0.2) is 64.8 Å². The third-order valence-corrected chi connectivity index (χ3v) is 4.08. The first kappa shape index (κ1) is 15.5. The molecule has 23 heavy (non-hydrogen) atoms. The van der Waals surface area contributed by atoms with Gasteiger partial charge in [-0.05, 0) is 35.1 Å². The lowest BCUT2D eigenvalue weighted by molar-refractivity contribution is 0.467. The van der Waals surface area contributed by atoms with E-state index in [-0.39, 0.29) is 11.7 Å². The summed E-state index contributed by atoms with van der Waals surface area (Å²) in [6.07, 6.45) is 0. The number of azo groups is 1. The third kappa shape index (κ3) is 3.06. The van der Waals surface area contributed by atoms with Crippen LogP contribution in [0.5, 0.6) is 5.75 Å². The lowest BCUT2D eigenvalue weighted by Crippen LogP contribution is -1.89. The molecule has 0 saturated heterocycles. The number of fused-ring (bicyclic) bond motifs is 1. The molecule has 1 N–H and O–H groups in total. The molecule has 0 unspecified atom stereocenters. The van der Waals surface area contributed by atoms with Gasteiger partial charge in [-0.1, -0.05) is 61.8 Å². The maximum atomic E-state index is 10.6. The molecule has 0 aliphatic heterocycles. The minimum Gasteiger partial charge on any atom is -0.505 e. The molecule has 0 fully saturated rings. The minimum atomic E-state index is 0.175. The predicted octanol–water partition coefficient (Wildman–Crippen LogP) is 6.74. The molecule has 0 saturated carbocycles. The number of hydrogen-bond acceptors (Lipinski definition) is 3. The molecular weight excluding hydrogens is 308 g/mol. The van der Waals surface area contributed by atoms with Gasteiger partial charge in [0.1, 0.15) is 17.1 Å². The normalized spacial score (nSPS) is 11.7. The van der Waals surface area contributed by atoms with Crippen LogP contribution in [0.25, 0.3) is 10.8 Å². The fourth-order valence-corrected chi connectivity index (χ4v) is 2.69. The molecule has 0 aromatic heterocycles. The van der Waals surface area contributed by atoms with E-state index in [0.717, 1.165) is 16.3 Å². The largest absolute Gasteiger partial charge is 0.505 e. The quantitative estimate of drug-likeness (QED) is 0.533. The molecule has 3 aromatic rings. The van der Waals surface area contributed by atoms with Crippen molar-refractivity contribution < 1.29 is 5.11 Å². The Morgan fingerprint density at radius 3 is 2.39 bits per heavy atom. The number of benzene rings is 3. The zero-order valence-corrected chi connectivity index (χ0v) is 13.7. The topological polar surface area (TPSA) is 45.0 Å². The van der Waals surface area contributed by atoms with Gasteiger partial charge in [-0.3, -0.25) is 0 Å². The zero-order chi connectivity index (χ0) is 16.4. The number of aromatic hydroxyl groups is 1. The van der Waals surface area contributed by atoms with Crippen LogP contribution in [-0.4, -0.2) is 5.11 Å². The summed E-state index contributed by atoms with van der Waals surface area (Å²) >= 11 is 6.11. The van der Waals surface area contributed by atoms with Gasteiger partial charge in [-0.15, -0.1) is 10.2 Å². The van der Waals surface area contributed by atoms with E-state index in [1.54, 1.807) is 12.1 Å². The zero-order valence-electron chi connectivity index (χ0n) is 13.0. The smallest absolute Gasteiger partial charge is 0.147 e. The number of halogens is 1. The van der Waals surface area contributed by atoms with Gasteiger partial charge in [0.2, 0.25) is 0 Å². The number of nitrogens with zero attached hydrogens (tertiary/aromatic N) is 2. The van der Waals surface area contributed by atoms with Gasteiger partial charge in [0.25, 0.3) is 0 Å². The van der Waals surface area contributed by atoms with Crippen LogP contribution in [0, 0.1) is 0 Å². The molecule has 0 bridgehead atoms. The second kappa shape index (κ2) is 6.39. The van der Waals surface area contributed by atoms with E-state index in [4.69, 9.17) is 11.6 Å². The summed E-state index contributed by atoms with van der Waals surface area (Å²) in [6, 6.07) is 17.1. The first-order chi connectivity index (χ1) is 11.1. The summed E-state index contributed by atoms with van der Waals surface area (Å²) < 4.78 is 0. The molecule has 3 rings (SSSR count). The maximum Gasteiger partial charge on any atom is 0.147 e. The van der Waals surface area contributed by atoms with Crippen molar-refractivity contribution in [2.45, 2.75) is 19.8 Å². The molecule has 0 heterocycles. The van der Waals surface area contributed by atoms with Gasteiger partial charge >= 0.3 is 0 Å². The van der Waals surface area contributed by atoms with Crippen molar-refractivity contribution >= 4 is 33.7 Å². The lowest BCUT2D eigenvalue weighted by atomic mass is 9.96. The van der Waals surface area contributed by atoms with Crippen LogP contribution >= 0.6 is 11.6 Å². The summed E-state index contributed by atoms with van der Waals surface area (Å²) in [6.45, 7) is 4.08. The number of phenolic OH excluding ortho intramolecular Hbond substituents is 1. The Bertz CT molecular complexity index is 888. The Hall–Kier alpha value is -2.39. The van der Waals surface area contributed by atoms with Gasteiger partial charge in [0, 0.05) is 5.39 Å². The monoisotopic (exact) mass is 324 g/mol. The number of hydrogen-bond donors (Lipinski definition) is 1. The van der Waals surface area contributed by atoms with E-state index in [1.165, 1.54) is 0 Å². The van der Waals surface area contributed by atoms with Crippen LogP contribution in [0.3, 0.4) is 0 Å². The molecule has 0 aliphatic carbocycles. The van der Waals surface area contributed by atoms with Crippen LogP contribution in [0.2, 0.25) is 5.02 Å². The fourth-order valence-electron chi connectivity index (χ4n) is 2.52. The van der Waals surface area contributed by atoms with Crippen molar-refractivity contribution in [1.82, 2.24) is 0 Å². The Balaban J connectivity index is 2.19. The molecule has 0 amide bonds. The van der Waals surface area contributed by atoms with Crippen molar-refractivity contribution in [2.75, 3.05) is 0 Å². The van der Waals surface area contributed by atoms with Gasteiger partial charge in [0.05, 0.1) is 5.02 Å². The Morgan fingerprint density at radius 2 is 1.65 bits per heavy atom. The lowest BCUT2D eigenvalue weighted by Gasteiger charge is -2.13. The highest BCUT2D eigenvalue weighted by Crippen LogP contribution is 2.42. The molecule has 0 radical (unpaired) electrons. The van der Waals surface area contributed by atoms with Crippen molar-refractivity contribution in [3.63, 3.8) is 0 Å². The van der Waals surface area contributed by atoms with Crippen molar-refractivity contribution in [3.8, 4) is 5.75 Å². The van der Waals surface area contributed by atoms with Crippen molar-refractivity contribution in [3.05, 3.63) is 65.2 Å². The molecule has 4 heteroatoms. The summed E-state index contributed by atoms with van der Waals surface area (Å²) in [7, 11) is 0. The number of rotatable bonds is 3. The van der Waals surface area contributed by atoms with E-state index >= 15 is 0 Å². The first-order valence-electron chi connectivity index (χ1n) is 7.49. The fraction of sp³-hybridized carbons (Fsp3) is 0.158. The summed E-state index contributed by atoms with van der Waals surface area (Å²) in [5.74, 6) is 0.364. The molecule has 3 aromatic carbocycles. The predicted molar refractivity (Wildman–Crippen MR) is 95.3 cm³/mol. The summed E-state index contributed by atoms with van der Waals surface area (Å²) in [5, 5.41) is 21.6. The van der Waals surface area contributed by atoms with Crippen molar-refractivity contribution in [2.24, 2.45) is 10.2 Å². The number of phenols is 1. The maximum absolute atomic E-state index is 10.6. The third-order valence-electron chi connectivity index (χ3n) is 3.76. The van der Waals surface area contributed by atoms with Crippen LogP contribution < -0.4 is 0 Å². The molecular formula is C19H17ClN2O. The summed E-state index contributed by atoms with van der Waals surface area (Å²) in [4.78, 5) is 0. The Labute approximate surface area is 140 Å². The van der Waals surface area contributed by atoms with Gasteiger partial charge < -0.3 is 5.11 Å². The highest BCUT2D eigenvalue weighted by atomic mass is 35.5. The molecule has 0 spiro atoms. The minimum absolute atomic E-state index is 0.175.